The van der Waals surface area contributed by atoms with Crippen LogP contribution in [0.4, 0.5) is 0 Å². The maximum Gasteiger partial charge on any atom is 0.258 e. The molecule has 4 heteroatoms. The summed E-state index contributed by atoms with van der Waals surface area (Å²) in [6.07, 6.45) is 0. The number of amides is 1. The molecule has 0 saturated carbocycles. The summed E-state index contributed by atoms with van der Waals surface area (Å²) >= 11 is 5.98. The third-order valence-electron chi connectivity index (χ3n) is 4.23. The van der Waals surface area contributed by atoms with Gasteiger partial charge in [0.05, 0.1) is 6.04 Å². The number of ether oxygens (including phenoxy) is 1. The molecule has 3 nitrogen and oxygen atoms in total. The molecule has 0 aliphatic heterocycles. The van der Waals surface area contributed by atoms with Crippen LogP contribution in [0.15, 0.2) is 30.3 Å². The second-order valence-electron chi connectivity index (χ2n) is 6.28. The van der Waals surface area contributed by atoms with Crippen molar-refractivity contribution in [2.24, 2.45) is 0 Å². The Labute approximate surface area is 149 Å². The molecule has 0 radical (unpaired) electrons. The van der Waals surface area contributed by atoms with Gasteiger partial charge in [-0.2, -0.15) is 0 Å². The molecule has 24 heavy (non-hydrogen) atoms. The molecule has 0 bridgehead atoms. The van der Waals surface area contributed by atoms with Crippen molar-refractivity contribution in [3.63, 3.8) is 0 Å². The number of hydrogen-bond acceptors (Lipinski definition) is 2. The van der Waals surface area contributed by atoms with E-state index in [0.29, 0.717) is 10.8 Å². The van der Waals surface area contributed by atoms with Crippen molar-refractivity contribution in [3.05, 3.63) is 63.2 Å². The first-order valence-corrected chi connectivity index (χ1v) is 8.41. The topological polar surface area (TPSA) is 38.3 Å². The molecule has 0 heterocycles. The van der Waals surface area contributed by atoms with Crippen LogP contribution in [0.1, 0.15) is 40.8 Å². The van der Waals surface area contributed by atoms with Gasteiger partial charge in [0.2, 0.25) is 0 Å². The monoisotopic (exact) mass is 345 g/mol. The van der Waals surface area contributed by atoms with Crippen LogP contribution >= 0.6 is 11.6 Å². The molecule has 0 unspecified atom stereocenters. The molecular weight excluding hydrogens is 322 g/mol. The molecule has 2 aromatic carbocycles. The predicted octanol–water partition coefficient (Wildman–Crippen LogP) is 4.83. The molecule has 0 aliphatic rings. The first kappa shape index (κ1) is 18.3. The summed E-state index contributed by atoms with van der Waals surface area (Å²) < 4.78 is 5.54. The van der Waals surface area contributed by atoms with E-state index in [-0.39, 0.29) is 18.6 Å². The maximum absolute atomic E-state index is 12.2. The van der Waals surface area contributed by atoms with E-state index in [1.807, 2.05) is 19.9 Å². The number of halogens is 1. The summed E-state index contributed by atoms with van der Waals surface area (Å²) in [7, 11) is 0. The van der Waals surface area contributed by atoms with E-state index < -0.39 is 0 Å². The molecule has 0 spiro atoms. The van der Waals surface area contributed by atoms with Crippen LogP contribution in [0.5, 0.6) is 5.75 Å². The second-order valence-corrected chi connectivity index (χ2v) is 6.69. The minimum absolute atomic E-state index is 0.0185. The second kappa shape index (κ2) is 7.71. The molecule has 1 amide bonds. The minimum atomic E-state index is -0.146. The van der Waals surface area contributed by atoms with Gasteiger partial charge in [0, 0.05) is 5.02 Å². The quantitative estimate of drug-likeness (QED) is 0.842. The van der Waals surface area contributed by atoms with E-state index in [0.717, 1.165) is 11.1 Å². The highest BCUT2D eigenvalue weighted by Crippen LogP contribution is 2.22. The zero-order valence-corrected chi connectivity index (χ0v) is 15.6. The summed E-state index contributed by atoms with van der Waals surface area (Å²) in [6.45, 7) is 10.1. The fraction of sp³-hybridized carbons (Fsp3) is 0.350. The van der Waals surface area contributed by atoms with Gasteiger partial charge in [0.1, 0.15) is 5.75 Å². The summed E-state index contributed by atoms with van der Waals surface area (Å²) in [5, 5.41) is 3.68. The molecule has 128 valence electrons. The van der Waals surface area contributed by atoms with Gasteiger partial charge in [0.25, 0.3) is 5.91 Å². The van der Waals surface area contributed by atoms with Crippen LogP contribution in [-0.4, -0.2) is 12.5 Å². The summed E-state index contributed by atoms with van der Waals surface area (Å²) in [4.78, 5) is 12.2. The van der Waals surface area contributed by atoms with E-state index >= 15 is 0 Å². The van der Waals surface area contributed by atoms with Crippen LogP contribution in [0.2, 0.25) is 5.02 Å². The van der Waals surface area contributed by atoms with Crippen molar-refractivity contribution in [3.8, 4) is 5.75 Å². The molecule has 0 aliphatic carbocycles. The summed E-state index contributed by atoms with van der Waals surface area (Å²) in [5.74, 6) is 0.495. The Bertz CT molecular complexity index is 756. The Morgan fingerprint density at radius 2 is 1.71 bits per heavy atom. The first-order chi connectivity index (χ1) is 11.3. The van der Waals surface area contributed by atoms with Gasteiger partial charge in [-0.1, -0.05) is 23.7 Å². The first-order valence-electron chi connectivity index (χ1n) is 8.04. The highest BCUT2D eigenvalue weighted by molar-refractivity contribution is 6.31. The van der Waals surface area contributed by atoms with Crippen molar-refractivity contribution in [2.75, 3.05) is 6.61 Å². The largest absolute Gasteiger partial charge is 0.484 e. The van der Waals surface area contributed by atoms with Crippen molar-refractivity contribution >= 4 is 17.5 Å². The van der Waals surface area contributed by atoms with E-state index in [1.165, 1.54) is 16.7 Å². The number of benzene rings is 2. The van der Waals surface area contributed by atoms with E-state index in [4.69, 9.17) is 16.3 Å². The van der Waals surface area contributed by atoms with E-state index in [2.05, 4.69) is 38.2 Å². The van der Waals surface area contributed by atoms with Gasteiger partial charge in [0.15, 0.2) is 6.61 Å². The van der Waals surface area contributed by atoms with Gasteiger partial charge in [-0.25, -0.2) is 0 Å². The Hall–Kier alpha value is -2.00. The van der Waals surface area contributed by atoms with Crippen LogP contribution in [-0.2, 0) is 4.79 Å². The average molecular weight is 346 g/mol. The van der Waals surface area contributed by atoms with Gasteiger partial charge in [-0.05, 0) is 80.6 Å². The number of hydrogen-bond donors (Lipinski definition) is 1. The van der Waals surface area contributed by atoms with Crippen molar-refractivity contribution in [1.29, 1.82) is 0 Å². The zero-order valence-electron chi connectivity index (χ0n) is 14.9. The highest BCUT2D eigenvalue weighted by atomic mass is 35.5. The van der Waals surface area contributed by atoms with Gasteiger partial charge in [-0.15, -0.1) is 0 Å². The van der Waals surface area contributed by atoms with E-state index in [9.17, 15) is 4.79 Å². The number of carbonyl (C=O) groups excluding carboxylic acids is 1. The summed E-state index contributed by atoms with van der Waals surface area (Å²) in [5.41, 5.74) is 5.73. The summed E-state index contributed by atoms with van der Waals surface area (Å²) in [6, 6.07) is 9.59. The number of nitrogens with one attached hydrogen (secondary N) is 1. The smallest absolute Gasteiger partial charge is 0.258 e. The van der Waals surface area contributed by atoms with Gasteiger partial charge in [-0.3, -0.25) is 4.79 Å². The number of aryl methyl sites for hydroxylation is 4. The molecule has 2 rings (SSSR count). The standard InChI is InChI=1S/C20H24ClNO2/c1-12-8-14(3)18(10-13(12)2)16(5)22-20(23)11-24-17-6-7-19(21)15(4)9-17/h6-10,16H,11H2,1-5H3,(H,22,23)/t16-/m1/s1. The Morgan fingerprint density at radius 3 is 2.38 bits per heavy atom. The van der Waals surface area contributed by atoms with Crippen molar-refractivity contribution in [2.45, 2.75) is 40.7 Å². The molecular formula is C20H24ClNO2. The fourth-order valence-corrected chi connectivity index (χ4v) is 2.78. The maximum atomic E-state index is 12.2. The lowest BCUT2D eigenvalue weighted by Gasteiger charge is -2.18. The van der Waals surface area contributed by atoms with Gasteiger partial charge < -0.3 is 10.1 Å². The normalized spacial score (nSPS) is 11.9. The Kier molecular flexibility index (Phi) is 5.89. The van der Waals surface area contributed by atoms with Crippen LogP contribution in [0.3, 0.4) is 0 Å². The number of carbonyl (C=O) groups is 1. The van der Waals surface area contributed by atoms with Crippen molar-refractivity contribution < 1.29 is 9.53 Å². The predicted molar refractivity (Wildman–Crippen MR) is 98.9 cm³/mol. The lowest BCUT2D eigenvalue weighted by atomic mass is 9.96. The van der Waals surface area contributed by atoms with Crippen LogP contribution < -0.4 is 10.1 Å². The molecule has 0 fully saturated rings. The van der Waals surface area contributed by atoms with Crippen LogP contribution in [0, 0.1) is 27.7 Å². The zero-order chi connectivity index (χ0) is 17.9. The highest BCUT2D eigenvalue weighted by Gasteiger charge is 2.13. The molecule has 2 aromatic rings. The molecule has 1 N–H and O–H groups in total. The molecule has 0 saturated heterocycles. The van der Waals surface area contributed by atoms with E-state index in [1.54, 1.807) is 12.1 Å². The number of rotatable bonds is 5. The molecule has 1 atom stereocenters. The average Bonchev–Trinajstić information content (AvgIpc) is 2.52. The van der Waals surface area contributed by atoms with Gasteiger partial charge >= 0.3 is 0 Å². The SMILES string of the molecule is Cc1cc(C)c([C@@H](C)NC(=O)COc2ccc(Cl)c(C)c2)cc1C. The van der Waals surface area contributed by atoms with Crippen LogP contribution in [0.25, 0.3) is 0 Å². The third-order valence-corrected chi connectivity index (χ3v) is 4.65. The lowest BCUT2D eigenvalue weighted by Crippen LogP contribution is -2.31. The Balaban J connectivity index is 1.96. The Morgan fingerprint density at radius 1 is 1.04 bits per heavy atom. The third kappa shape index (κ3) is 4.51. The fourth-order valence-electron chi connectivity index (χ4n) is 2.67. The molecule has 0 aromatic heterocycles. The van der Waals surface area contributed by atoms with Crippen molar-refractivity contribution in [1.82, 2.24) is 5.32 Å². The lowest BCUT2D eigenvalue weighted by molar-refractivity contribution is -0.123. The minimum Gasteiger partial charge on any atom is -0.484 e.